The van der Waals surface area contributed by atoms with E-state index in [-0.39, 0.29) is 11.8 Å². The van der Waals surface area contributed by atoms with Crippen molar-refractivity contribution in [2.75, 3.05) is 46.4 Å². The van der Waals surface area contributed by atoms with E-state index < -0.39 is 0 Å². The van der Waals surface area contributed by atoms with Crippen LogP contribution in [0.15, 0.2) is 6.07 Å². The number of aryl methyl sites for hydroxylation is 2. The van der Waals surface area contributed by atoms with Crippen LogP contribution in [-0.2, 0) is 16.6 Å². The number of likely N-dealkylation sites (tertiary alicyclic amines) is 1. The molecule has 1 saturated carbocycles. The number of rotatable bonds is 7. The predicted molar refractivity (Wildman–Crippen MR) is 118 cm³/mol. The third-order valence-electron chi connectivity index (χ3n) is 7.14. The van der Waals surface area contributed by atoms with Crippen molar-refractivity contribution >= 4 is 11.8 Å². The first-order valence-corrected chi connectivity index (χ1v) is 11.8. The minimum Gasteiger partial charge on any atom is -0.381 e. The molecule has 1 unspecified atom stereocenters. The lowest BCUT2D eigenvalue weighted by Gasteiger charge is -2.44. The molecule has 0 radical (unpaired) electrons. The maximum absolute atomic E-state index is 12.9. The number of piperidine rings is 1. The molecule has 2 aliphatic heterocycles. The summed E-state index contributed by atoms with van der Waals surface area (Å²) in [6, 6.07) is 2.66. The first-order valence-electron chi connectivity index (χ1n) is 11.8. The fourth-order valence-electron chi connectivity index (χ4n) is 4.92. The normalized spacial score (nSPS) is 22.7. The zero-order valence-electron chi connectivity index (χ0n) is 19.3. The van der Waals surface area contributed by atoms with Gasteiger partial charge in [0.15, 0.2) is 5.69 Å². The minimum absolute atomic E-state index is 0.0372. The number of carbonyl (C=O) groups is 2. The van der Waals surface area contributed by atoms with Gasteiger partial charge in [0.1, 0.15) is 0 Å². The van der Waals surface area contributed by atoms with E-state index in [1.165, 1.54) is 0 Å². The molecule has 3 aliphatic rings. The lowest BCUT2D eigenvalue weighted by Crippen LogP contribution is -2.55. The molecule has 0 bridgehead atoms. The molecular formula is C23H37N5O3. The lowest BCUT2D eigenvalue weighted by molar-refractivity contribution is -0.135. The van der Waals surface area contributed by atoms with Crippen molar-refractivity contribution in [2.24, 2.45) is 13.0 Å². The van der Waals surface area contributed by atoms with Crippen LogP contribution in [0.4, 0.5) is 0 Å². The average molecular weight is 432 g/mol. The Balaban J connectivity index is 1.41. The third-order valence-corrected chi connectivity index (χ3v) is 7.14. The number of hydrogen-bond donors (Lipinski definition) is 0. The Kier molecular flexibility index (Phi) is 6.96. The largest absolute Gasteiger partial charge is 0.381 e. The highest BCUT2D eigenvalue weighted by atomic mass is 16.5. The van der Waals surface area contributed by atoms with Crippen LogP contribution in [0.1, 0.15) is 54.7 Å². The van der Waals surface area contributed by atoms with E-state index in [4.69, 9.17) is 4.74 Å². The first kappa shape index (κ1) is 22.3. The molecule has 1 aromatic heterocycles. The Bertz CT molecular complexity index is 765. The van der Waals surface area contributed by atoms with Gasteiger partial charge in [-0.25, -0.2) is 0 Å². The molecule has 1 atom stereocenters. The molecule has 3 fully saturated rings. The second kappa shape index (κ2) is 9.69. The van der Waals surface area contributed by atoms with Gasteiger partial charge in [0, 0.05) is 77.2 Å². The summed E-state index contributed by atoms with van der Waals surface area (Å²) in [4.78, 5) is 32.0. The molecule has 31 heavy (non-hydrogen) atoms. The van der Waals surface area contributed by atoms with Crippen LogP contribution in [0.25, 0.3) is 0 Å². The van der Waals surface area contributed by atoms with Crippen LogP contribution in [0.2, 0.25) is 0 Å². The third kappa shape index (κ3) is 5.29. The van der Waals surface area contributed by atoms with E-state index in [1.807, 2.05) is 27.1 Å². The van der Waals surface area contributed by atoms with Crippen LogP contribution in [0.5, 0.6) is 0 Å². The maximum atomic E-state index is 12.9. The zero-order chi connectivity index (χ0) is 22.0. The van der Waals surface area contributed by atoms with E-state index in [0.717, 1.165) is 77.1 Å². The first-order chi connectivity index (χ1) is 14.9. The number of hydrogen-bond acceptors (Lipinski definition) is 5. The van der Waals surface area contributed by atoms with E-state index in [2.05, 4.69) is 14.9 Å². The summed E-state index contributed by atoms with van der Waals surface area (Å²) < 4.78 is 7.34. The van der Waals surface area contributed by atoms with Gasteiger partial charge >= 0.3 is 0 Å². The van der Waals surface area contributed by atoms with Gasteiger partial charge in [0.05, 0.1) is 0 Å². The van der Waals surface area contributed by atoms with E-state index in [1.54, 1.807) is 9.58 Å². The molecule has 8 nitrogen and oxygen atoms in total. The topological polar surface area (TPSA) is 70.9 Å². The number of aromatic nitrogens is 2. The highest BCUT2D eigenvalue weighted by molar-refractivity contribution is 5.92. The summed E-state index contributed by atoms with van der Waals surface area (Å²) in [5.74, 6) is 0.597. The van der Waals surface area contributed by atoms with Crippen molar-refractivity contribution in [3.05, 3.63) is 17.5 Å². The lowest BCUT2D eigenvalue weighted by atomic mass is 9.98. The standard InChI is InChI=1S/C23H37N5O3/c1-17-15-21(24-26(17)3)23(30)25(2)11-12-28(19-8-13-31-14-9-19)20-5-4-10-27(16-20)22(29)18-6-7-18/h15,18-20H,4-14,16H2,1-3H3. The fourth-order valence-corrected chi connectivity index (χ4v) is 4.92. The van der Waals surface area contributed by atoms with Gasteiger partial charge < -0.3 is 14.5 Å². The van der Waals surface area contributed by atoms with Gasteiger partial charge in [-0.2, -0.15) is 5.10 Å². The fraction of sp³-hybridized carbons (Fsp3) is 0.783. The number of nitrogens with zero attached hydrogens (tertiary/aromatic N) is 5. The van der Waals surface area contributed by atoms with Crippen molar-refractivity contribution in [2.45, 2.75) is 57.5 Å². The second-order valence-corrected chi connectivity index (χ2v) is 9.46. The molecule has 8 heteroatoms. The van der Waals surface area contributed by atoms with E-state index >= 15 is 0 Å². The number of likely N-dealkylation sites (N-methyl/N-ethyl adjacent to an activating group) is 1. The molecule has 2 amide bonds. The SMILES string of the molecule is Cc1cc(C(=O)N(C)CCN(C2CCOCC2)C2CCCN(C(=O)C3CC3)C2)nn1C. The number of ether oxygens (including phenoxy) is 1. The molecule has 1 aromatic rings. The van der Waals surface area contributed by atoms with Crippen LogP contribution < -0.4 is 0 Å². The molecule has 2 saturated heterocycles. The average Bonchev–Trinajstić information content (AvgIpc) is 3.58. The predicted octanol–water partition coefficient (Wildman–Crippen LogP) is 1.68. The van der Waals surface area contributed by atoms with Crippen molar-refractivity contribution < 1.29 is 14.3 Å². The van der Waals surface area contributed by atoms with Gasteiger partial charge in [-0.15, -0.1) is 0 Å². The minimum atomic E-state index is -0.0372. The number of amides is 2. The molecule has 0 spiro atoms. The van der Waals surface area contributed by atoms with Crippen LogP contribution in [0.3, 0.4) is 0 Å². The molecule has 0 N–H and O–H groups in total. The smallest absolute Gasteiger partial charge is 0.274 e. The van der Waals surface area contributed by atoms with Gasteiger partial charge in [-0.05, 0) is 51.5 Å². The Morgan fingerprint density at radius 3 is 2.52 bits per heavy atom. The molecule has 3 heterocycles. The highest BCUT2D eigenvalue weighted by Crippen LogP contribution is 2.33. The quantitative estimate of drug-likeness (QED) is 0.657. The highest BCUT2D eigenvalue weighted by Gasteiger charge is 2.38. The van der Waals surface area contributed by atoms with Crippen LogP contribution in [0, 0.1) is 12.8 Å². The van der Waals surface area contributed by atoms with E-state index in [9.17, 15) is 9.59 Å². The summed E-state index contributed by atoms with van der Waals surface area (Å²) in [7, 11) is 3.72. The molecule has 172 valence electrons. The molecule has 1 aliphatic carbocycles. The Morgan fingerprint density at radius 1 is 1.13 bits per heavy atom. The van der Waals surface area contributed by atoms with Gasteiger partial charge in [-0.1, -0.05) is 0 Å². The van der Waals surface area contributed by atoms with Crippen molar-refractivity contribution in [1.29, 1.82) is 0 Å². The van der Waals surface area contributed by atoms with Gasteiger partial charge in [0.2, 0.25) is 5.91 Å². The Morgan fingerprint density at radius 2 is 1.87 bits per heavy atom. The Hall–Kier alpha value is -1.93. The Labute approximate surface area is 185 Å². The maximum Gasteiger partial charge on any atom is 0.274 e. The zero-order valence-corrected chi connectivity index (χ0v) is 19.3. The summed E-state index contributed by atoms with van der Waals surface area (Å²) in [5.41, 5.74) is 1.47. The summed E-state index contributed by atoms with van der Waals surface area (Å²) in [6.07, 6.45) is 6.33. The molecule has 0 aromatic carbocycles. The monoisotopic (exact) mass is 431 g/mol. The van der Waals surface area contributed by atoms with Gasteiger partial charge in [0.25, 0.3) is 5.91 Å². The van der Waals surface area contributed by atoms with Crippen LogP contribution in [-0.4, -0.2) is 94.8 Å². The van der Waals surface area contributed by atoms with Crippen molar-refractivity contribution in [3.8, 4) is 0 Å². The van der Waals surface area contributed by atoms with Crippen molar-refractivity contribution in [3.63, 3.8) is 0 Å². The summed E-state index contributed by atoms with van der Waals surface area (Å²) in [5, 5.41) is 4.34. The summed E-state index contributed by atoms with van der Waals surface area (Å²) >= 11 is 0. The molecular weight excluding hydrogens is 394 g/mol. The number of carbonyl (C=O) groups excluding carboxylic acids is 2. The van der Waals surface area contributed by atoms with Crippen molar-refractivity contribution in [1.82, 2.24) is 24.5 Å². The summed E-state index contributed by atoms with van der Waals surface area (Å²) in [6.45, 7) is 6.72. The second-order valence-electron chi connectivity index (χ2n) is 9.46. The van der Waals surface area contributed by atoms with Crippen LogP contribution >= 0.6 is 0 Å². The van der Waals surface area contributed by atoms with Gasteiger partial charge in [-0.3, -0.25) is 19.2 Å². The molecule has 4 rings (SSSR count). The van der Waals surface area contributed by atoms with E-state index in [0.29, 0.717) is 30.2 Å².